The van der Waals surface area contributed by atoms with Gasteiger partial charge in [-0.25, -0.2) is 9.36 Å². The van der Waals surface area contributed by atoms with Crippen molar-refractivity contribution in [2.24, 2.45) is 0 Å². The average Bonchev–Trinajstić information content (AvgIpc) is 2.21. The molecule has 0 heterocycles. The van der Waals surface area contributed by atoms with Crippen LogP contribution in [-0.2, 0) is 13.9 Å². The predicted octanol–water partition coefficient (Wildman–Crippen LogP) is -4.20. The van der Waals surface area contributed by atoms with Crippen molar-refractivity contribution in [2.45, 2.75) is 24.4 Å². The molecule has 4 atom stereocenters. The van der Waals surface area contributed by atoms with Gasteiger partial charge >= 0.3 is 13.8 Å². The highest BCUT2D eigenvalue weighted by Gasteiger charge is 2.35. The summed E-state index contributed by atoms with van der Waals surface area (Å²) in [4.78, 5) is 26.8. The van der Waals surface area contributed by atoms with Gasteiger partial charge in [0.15, 0.2) is 6.10 Å². The average molecular weight is 294 g/mol. The highest BCUT2D eigenvalue weighted by atomic mass is 31.2. The Bertz CT molecular complexity index is 300. The van der Waals surface area contributed by atoms with Crippen molar-refractivity contribution >= 4 is 13.8 Å². The van der Waals surface area contributed by atoms with E-state index in [9.17, 15) is 9.36 Å². The first kappa shape index (κ1) is 19.7. The number of aliphatic carboxylic acids is 1. The SMILES string of the molecule is O.O=C(O)C(O)C(O)C(O)C(O)COP(=O)(O)O. The Balaban J connectivity index is 0. The minimum Gasteiger partial charge on any atom is -0.479 e. The van der Waals surface area contributed by atoms with Crippen LogP contribution in [0.4, 0.5) is 0 Å². The number of carboxylic acids is 1. The van der Waals surface area contributed by atoms with E-state index in [4.69, 9.17) is 35.3 Å². The fourth-order valence-corrected chi connectivity index (χ4v) is 1.18. The Kier molecular flexibility index (Phi) is 8.47. The second kappa shape index (κ2) is 7.74. The third-order valence-corrected chi connectivity index (χ3v) is 2.22. The van der Waals surface area contributed by atoms with Crippen molar-refractivity contribution < 1.29 is 54.7 Å². The maximum Gasteiger partial charge on any atom is 0.469 e. The summed E-state index contributed by atoms with van der Waals surface area (Å²) in [6, 6.07) is 0. The Hall–Kier alpha value is -0.620. The molecular formula is C6H15O11P. The molecule has 0 aromatic heterocycles. The highest BCUT2D eigenvalue weighted by molar-refractivity contribution is 7.46. The van der Waals surface area contributed by atoms with E-state index in [1.807, 2.05) is 0 Å². The summed E-state index contributed by atoms with van der Waals surface area (Å²) in [6.07, 6.45) is -8.71. The zero-order valence-corrected chi connectivity index (χ0v) is 9.71. The fourth-order valence-electron chi connectivity index (χ4n) is 0.833. The molecule has 0 aromatic carbocycles. The van der Waals surface area contributed by atoms with Gasteiger partial charge in [0.2, 0.25) is 0 Å². The molecule has 0 aliphatic heterocycles. The fraction of sp³-hybridized carbons (Fsp3) is 0.833. The number of aliphatic hydroxyl groups is 4. The van der Waals surface area contributed by atoms with E-state index < -0.39 is 44.8 Å². The minimum absolute atomic E-state index is 0. The first-order valence-corrected chi connectivity index (χ1v) is 5.74. The molecular weight excluding hydrogens is 279 g/mol. The van der Waals surface area contributed by atoms with Crippen LogP contribution in [0.2, 0.25) is 0 Å². The second-order valence-corrected chi connectivity index (χ2v) is 4.36. The molecule has 0 bridgehead atoms. The van der Waals surface area contributed by atoms with Crippen molar-refractivity contribution in [1.29, 1.82) is 0 Å². The Labute approximate surface area is 100 Å². The predicted molar refractivity (Wildman–Crippen MR) is 53.3 cm³/mol. The van der Waals surface area contributed by atoms with Gasteiger partial charge in [0.25, 0.3) is 0 Å². The van der Waals surface area contributed by atoms with Crippen LogP contribution in [0.3, 0.4) is 0 Å². The molecule has 0 rings (SSSR count). The summed E-state index contributed by atoms with van der Waals surface area (Å²) in [5.74, 6) is -1.83. The molecule has 110 valence electrons. The van der Waals surface area contributed by atoms with Gasteiger partial charge < -0.3 is 40.8 Å². The third kappa shape index (κ3) is 6.96. The molecule has 12 heteroatoms. The molecule has 11 nitrogen and oxygen atoms in total. The maximum absolute atomic E-state index is 10.2. The zero-order chi connectivity index (χ0) is 13.8. The number of phosphoric acid groups is 1. The number of phosphoric ester groups is 1. The largest absolute Gasteiger partial charge is 0.479 e. The van der Waals surface area contributed by atoms with Gasteiger partial charge in [-0.3, -0.25) is 4.52 Å². The molecule has 0 amide bonds. The molecule has 0 aliphatic rings. The van der Waals surface area contributed by atoms with Crippen molar-refractivity contribution in [3.8, 4) is 0 Å². The summed E-state index contributed by atoms with van der Waals surface area (Å²) >= 11 is 0. The third-order valence-electron chi connectivity index (χ3n) is 1.73. The van der Waals surface area contributed by atoms with Crippen LogP contribution in [0.1, 0.15) is 0 Å². The molecule has 4 unspecified atom stereocenters. The zero-order valence-electron chi connectivity index (χ0n) is 8.82. The maximum atomic E-state index is 10.2. The van der Waals surface area contributed by atoms with E-state index in [-0.39, 0.29) is 5.48 Å². The van der Waals surface area contributed by atoms with E-state index >= 15 is 0 Å². The van der Waals surface area contributed by atoms with Crippen LogP contribution < -0.4 is 0 Å². The van der Waals surface area contributed by atoms with Crippen LogP contribution in [0.25, 0.3) is 0 Å². The van der Waals surface area contributed by atoms with Crippen LogP contribution in [0, 0.1) is 0 Å². The highest BCUT2D eigenvalue weighted by Crippen LogP contribution is 2.35. The van der Waals surface area contributed by atoms with Gasteiger partial charge in [0.1, 0.15) is 18.3 Å². The molecule has 0 saturated heterocycles. The minimum atomic E-state index is -4.86. The normalized spacial score (nSPS) is 18.3. The van der Waals surface area contributed by atoms with Crippen LogP contribution in [0.5, 0.6) is 0 Å². The Morgan fingerprint density at radius 1 is 1.11 bits per heavy atom. The summed E-state index contributed by atoms with van der Waals surface area (Å²) in [6.45, 7) is -1.05. The van der Waals surface area contributed by atoms with Crippen LogP contribution in [-0.4, -0.2) is 77.8 Å². The monoisotopic (exact) mass is 294 g/mol. The molecule has 0 aliphatic carbocycles. The van der Waals surface area contributed by atoms with Crippen molar-refractivity contribution in [2.75, 3.05) is 6.61 Å². The number of hydrogen-bond donors (Lipinski definition) is 7. The molecule has 0 radical (unpaired) electrons. The van der Waals surface area contributed by atoms with Gasteiger partial charge in [-0.2, -0.15) is 0 Å². The smallest absolute Gasteiger partial charge is 0.469 e. The second-order valence-electron chi connectivity index (χ2n) is 3.12. The molecule has 0 fully saturated rings. The van der Waals surface area contributed by atoms with Gasteiger partial charge in [-0.1, -0.05) is 0 Å². The summed E-state index contributed by atoms with van der Waals surface area (Å²) < 4.78 is 14.1. The van der Waals surface area contributed by atoms with Gasteiger partial charge in [-0.05, 0) is 0 Å². The first-order chi connectivity index (χ1) is 7.56. The lowest BCUT2D eigenvalue weighted by Gasteiger charge is -2.24. The number of rotatable bonds is 7. The summed E-state index contributed by atoms with van der Waals surface area (Å²) in [5.41, 5.74) is 0. The molecule has 18 heavy (non-hydrogen) atoms. The van der Waals surface area contributed by atoms with E-state index in [0.717, 1.165) is 0 Å². The number of carboxylic acid groups (broad SMARTS) is 1. The summed E-state index contributed by atoms with van der Waals surface area (Å²) in [5, 5.41) is 44.4. The van der Waals surface area contributed by atoms with Gasteiger partial charge in [-0.15, -0.1) is 0 Å². The van der Waals surface area contributed by atoms with E-state index in [1.165, 1.54) is 0 Å². The lowest BCUT2D eigenvalue weighted by Crippen LogP contribution is -2.48. The Morgan fingerprint density at radius 2 is 1.56 bits per heavy atom. The molecule has 9 N–H and O–H groups in total. The van der Waals surface area contributed by atoms with E-state index in [0.29, 0.717) is 0 Å². The quantitative estimate of drug-likeness (QED) is 0.224. The topological polar surface area (TPSA) is 216 Å². The Morgan fingerprint density at radius 3 is 1.89 bits per heavy atom. The molecule has 0 aromatic rings. The van der Waals surface area contributed by atoms with Crippen molar-refractivity contribution in [3.05, 3.63) is 0 Å². The van der Waals surface area contributed by atoms with Crippen LogP contribution in [0.15, 0.2) is 0 Å². The lowest BCUT2D eigenvalue weighted by molar-refractivity contribution is -0.164. The van der Waals surface area contributed by atoms with Gasteiger partial charge in [0, 0.05) is 0 Å². The molecule has 0 saturated carbocycles. The molecule has 0 spiro atoms. The standard InChI is InChI=1S/C6H13O10P.H2O/c7-2(1-16-17(13,14)15)3(8)4(9)5(10)6(11)12;/h2-5,7-10H,1H2,(H,11,12)(H2,13,14,15);1H2. The van der Waals surface area contributed by atoms with Crippen LogP contribution >= 0.6 is 7.82 Å². The number of hydrogen-bond acceptors (Lipinski definition) is 7. The van der Waals surface area contributed by atoms with Crippen molar-refractivity contribution in [3.63, 3.8) is 0 Å². The first-order valence-electron chi connectivity index (χ1n) is 4.21. The van der Waals surface area contributed by atoms with E-state index in [1.54, 1.807) is 0 Å². The van der Waals surface area contributed by atoms with Gasteiger partial charge in [0.05, 0.1) is 6.61 Å². The number of aliphatic hydroxyl groups excluding tert-OH is 4. The van der Waals surface area contributed by atoms with E-state index in [2.05, 4.69) is 4.52 Å². The van der Waals surface area contributed by atoms with Crippen molar-refractivity contribution in [1.82, 2.24) is 0 Å². The summed E-state index contributed by atoms with van der Waals surface area (Å²) in [7, 11) is -4.86. The lowest BCUT2D eigenvalue weighted by atomic mass is 10.0. The number of carbonyl (C=O) groups is 1.